The van der Waals surface area contributed by atoms with Crippen molar-refractivity contribution in [3.05, 3.63) is 65.2 Å². The summed E-state index contributed by atoms with van der Waals surface area (Å²) in [6, 6.07) is 17.3. The summed E-state index contributed by atoms with van der Waals surface area (Å²) in [5.41, 5.74) is 1.10. The molecule has 0 bridgehead atoms. The number of likely N-dealkylation sites (tertiary alicyclic amines) is 1. The molecule has 0 radical (unpaired) electrons. The minimum atomic E-state index is -0.836. The fraction of sp³-hybridized carbons (Fsp3) is 0.333. The number of hydrogen-bond donors (Lipinski definition) is 1. The normalized spacial score (nSPS) is 20.4. The molecule has 1 aliphatic heterocycles. The van der Waals surface area contributed by atoms with E-state index in [-0.39, 0.29) is 23.6 Å². The van der Waals surface area contributed by atoms with Gasteiger partial charge >= 0.3 is 5.97 Å². The van der Waals surface area contributed by atoms with Crippen molar-refractivity contribution in [2.75, 3.05) is 13.1 Å². The monoisotopic (exact) mass is 403 g/mol. The van der Waals surface area contributed by atoms with Crippen molar-refractivity contribution >= 4 is 35.2 Å². The molecule has 4 nitrogen and oxygen atoms in total. The van der Waals surface area contributed by atoms with Crippen molar-refractivity contribution in [1.82, 2.24) is 4.90 Å². The van der Waals surface area contributed by atoms with Crippen LogP contribution in [0.5, 0.6) is 0 Å². The molecule has 1 saturated heterocycles. The molecule has 2 aromatic rings. The van der Waals surface area contributed by atoms with Gasteiger partial charge in [-0.25, -0.2) is 0 Å². The Morgan fingerprint density at radius 3 is 2.48 bits per heavy atom. The van der Waals surface area contributed by atoms with Crippen LogP contribution in [-0.2, 0) is 16.0 Å². The molecule has 1 heterocycles. The number of carbonyl (C=O) groups excluding carboxylic acids is 1. The first kappa shape index (κ1) is 19.8. The highest BCUT2D eigenvalue weighted by Gasteiger charge is 2.40. The molecule has 0 saturated carbocycles. The van der Waals surface area contributed by atoms with Crippen LogP contribution in [0.1, 0.15) is 12.5 Å². The number of nitrogens with zero attached hydrogens (tertiary/aromatic N) is 1. The molecule has 1 unspecified atom stereocenters. The van der Waals surface area contributed by atoms with Crippen LogP contribution < -0.4 is 0 Å². The SMILES string of the molecule is CC(Sc1ccccc1Cl)C(=O)N1C[C@@H](Cc2ccccc2)[C@H](C(=O)O)C1. The van der Waals surface area contributed by atoms with Crippen molar-refractivity contribution in [2.24, 2.45) is 11.8 Å². The minimum absolute atomic E-state index is 0.0401. The van der Waals surface area contributed by atoms with Crippen LogP contribution >= 0.6 is 23.4 Å². The highest BCUT2D eigenvalue weighted by atomic mass is 35.5. The van der Waals surface area contributed by atoms with Gasteiger partial charge in [0.25, 0.3) is 0 Å². The lowest BCUT2D eigenvalue weighted by molar-refractivity contribution is -0.142. The lowest BCUT2D eigenvalue weighted by Gasteiger charge is -2.21. The summed E-state index contributed by atoms with van der Waals surface area (Å²) >= 11 is 7.60. The predicted molar refractivity (Wildman–Crippen MR) is 108 cm³/mol. The molecular weight excluding hydrogens is 382 g/mol. The topological polar surface area (TPSA) is 57.6 Å². The van der Waals surface area contributed by atoms with Crippen molar-refractivity contribution in [2.45, 2.75) is 23.5 Å². The Morgan fingerprint density at radius 2 is 1.81 bits per heavy atom. The van der Waals surface area contributed by atoms with Crippen LogP contribution in [0.4, 0.5) is 0 Å². The Kier molecular flexibility index (Phi) is 6.45. The zero-order valence-electron chi connectivity index (χ0n) is 15.0. The number of halogens is 1. The first-order chi connectivity index (χ1) is 13.0. The minimum Gasteiger partial charge on any atom is -0.481 e. The largest absolute Gasteiger partial charge is 0.481 e. The van der Waals surface area contributed by atoms with Gasteiger partial charge in [-0.05, 0) is 37.0 Å². The summed E-state index contributed by atoms with van der Waals surface area (Å²) in [4.78, 5) is 27.2. The summed E-state index contributed by atoms with van der Waals surface area (Å²) in [6.07, 6.45) is 0.660. The molecule has 1 amide bonds. The molecule has 0 aliphatic carbocycles. The molecule has 142 valence electrons. The maximum atomic E-state index is 12.9. The quantitative estimate of drug-likeness (QED) is 0.733. The van der Waals surface area contributed by atoms with Gasteiger partial charge in [0.15, 0.2) is 0 Å². The van der Waals surface area contributed by atoms with Crippen LogP contribution in [0.3, 0.4) is 0 Å². The molecule has 3 atom stereocenters. The van der Waals surface area contributed by atoms with E-state index in [1.807, 2.05) is 55.5 Å². The summed E-state index contributed by atoms with van der Waals surface area (Å²) in [7, 11) is 0. The van der Waals surface area contributed by atoms with Crippen molar-refractivity contribution in [3.63, 3.8) is 0 Å². The first-order valence-electron chi connectivity index (χ1n) is 8.92. The molecule has 6 heteroatoms. The number of carboxylic acid groups (broad SMARTS) is 1. The molecule has 0 spiro atoms. The van der Waals surface area contributed by atoms with Gasteiger partial charge in [-0.15, -0.1) is 11.8 Å². The Balaban J connectivity index is 1.68. The number of hydrogen-bond acceptors (Lipinski definition) is 3. The zero-order chi connectivity index (χ0) is 19.4. The second-order valence-electron chi connectivity index (χ2n) is 6.83. The average Bonchev–Trinajstić information content (AvgIpc) is 3.08. The van der Waals surface area contributed by atoms with Gasteiger partial charge in [-0.2, -0.15) is 0 Å². The van der Waals surface area contributed by atoms with Gasteiger partial charge in [0.1, 0.15) is 0 Å². The van der Waals surface area contributed by atoms with Gasteiger partial charge in [-0.3, -0.25) is 9.59 Å². The molecule has 27 heavy (non-hydrogen) atoms. The molecule has 3 rings (SSSR count). The van der Waals surface area contributed by atoms with Gasteiger partial charge in [0, 0.05) is 18.0 Å². The predicted octanol–water partition coefficient (Wildman–Crippen LogP) is 4.22. The van der Waals surface area contributed by atoms with Crippen molar-refractivity contribution in [3.8, 4) is 0 Å². The van der Waals surface area contributed by atoms with E-state index < -0.39 is 11.9 Å². The maximum Gasteiger partial charge on any atom is 0.308 e. The Bertz CT molecular complexity index is 814. The molecular formula is C21H22ClNO3S. The third-order valence-electron chi connectivity index (χ3n) is 4.90. The van der Waals surface area contributed by atoms with Crippen LogP contribution in [0, 0.1) is 11.8 Å². The summed E-state index contributed by atoms with van der Waals surface area (Å²) in [5, 5.41) is 9.91. The molecule has 1 fully saturated rings. The van der Waals surface area contributed by atoms with Crippen LogP contribution in [0.2, 0.25) is 5.02 Å². The fourth-order valence-corrected chi connectivity index (χ4v) is 4.73. The van der Waals surface area contributed by atoms with Gasteiger partial charge in [0.05, 0.1) is 16.2 Å². The van der Waals surface area contributed by atoms with E-state index in [0.717, 1.165) is 10.5 Å². The lowest BCUT2D eigenvalue weighted by Crippen LogP contribution is -2.35. The van der Waals surface area contributed by atoms with E-state index in [2.05, 4.69) is 0 Å². The number of carbonyl (C=O) groups is 2. The van der Waals surface area contributed by atoms with E-state index in [1.165, 1.54) is 11.8 Å². The third-order valence-corrected chi connectivity index (χ3v) is 6.51. The van der Waals surface area contributed by atoms with E-state index in [9.17, 15) is 14.7 Å². The van der Waals surface area contributed by atoms with Crippen molar-refractivity contribution in [1.29, 1.82) is 0 Å². The number of benzene rings is 2. The van der Waals surface area contributed by atoms with E-state index in [1.54, 1.807) is 11.0 Å². The summed E-state index contributed by atoms with van der Waals surface area (Å²) in [6.45, 7) is 2.58. The highest BCUT2D eigenvalue weighted by Crippen LogP contribution is 2.33. The molecule has 2 aromatic carbocycles. The Labute approximate surface area is 168 Å². The molecule has 1 aliphatic rings. The van der Waals surface area contributed by atoms with Crippen LogP contribution in [0.25, 0.3) is 0 Å². The van der Waals surface area contributed by atoms with Crippen LogP contribution in [-0.4, -0.2) is 40.2 Å². The first-order valence-corrected chi connectivity index (χ1v) is 10.2. The fourth-order valence-electron chi connectivity index (χ4n) is 3.49. The summed E-state index contributed by atoms with van der Waals surface area (Å²) < 4.78 is 0. The third kappa shape index (κ3) is 4.85. The number of thioether (sulfide) groups is 1. The van der Waals surface area contributed by atoms with Crippen molar-refractivity contribution < 1.29 is 14.7 Å². The van der Waals surface area contributed by atoms with E-state index in [0.29, 0.717) is 18.0 Å². The zero-order valence-corrected chi connectivity index (χ0v) is 16.6. The van der Waals surface area contributed by atoms with Gasteiger partial charge < -0.3 is 10.0 Å². The number of amides is 1. The number of aliphatic carboxylic acids is 1. The Hall–Kier alpha value is -1.98. The smallest absolute Gasteiger partial charge is 0.308 e. The van der Waals surface area contributed by atoms with Gasteiger partial charge in [0.2, 0.25) is 5.91 Å². The highest BCUT2D eigenvalue weighted by molar-refractivity contribution is 8.00. The van der Waals surface area contributed by atoms with Crippen LogP contribution in [0.15, 0.2) is 59.5 Å². The lowest BCUT2D eigenvalue weighted by atomic mass is 9.90. The average molecular weight is 404 g/mol. The van der Waals surface area contributed by atoms with E-state index >= 15 is 0 Å². The second-order valence-corrected chi connectivity index (χ2v) is 8.62. The second kappa shape index (κ2) is 8.81. The number of carboxylic acids is 1. The maximum absolute atomic E-state index is 12.9. The Morgan fingerprint density at radius 1 is 1.15 bits per heavy atom. The summed E-state index contributed by atoms with van der Waals surface area (Å²) in [5.74, 6) is -1.49. The standard InChI is InChI=1S/C21H22ClNO3S/c1-14(27-19-10-6-5-9-18(19)22)20(24)23-12-16(17(13-23)21(25)26)11-15-7-3-2-4-8-15/h2-10,14,16-17H,11-13H2,1H3,(H,25,26)/t14?,16-,17-/m1/s1. The number of rotatable bonds is 6. The van der Waals surface area contributed by atoms with E-state index in [4.69, 9.17) is 11.6 Å². The molecule has 0 aromatic heterocycles. The molecule has 1 N–H and O–H groups in total. The van der Waals surface area contributed by atoms with Gasteiger partial charge in [-0.1, -0.05) is 54.1 Å².